The van der Waals surface area contributed by atoms with E-state index in [-0.39, 0.29) is 12.4 Å². The molecule has 1 heterocycles. The molecule has 0 bridgehead atoms. The molecule has 2 aromatic rings. The van der Waals surface area contributed by atoms with Crippen LogP contribution in [0.4, 0.5) is 14.6 Å². The topological polar surface area (TPSA) is 62.2 Å². The van der Waals surface area contributed by atoms with E-state index >= 15 is 0 Å². The van der Waals surface area contributed by atoms with Crippen molar-refractivity contribution in [3.05, 3.63) is 59.3 Å². The third-order valence-electron chi connectivity index (χ3n) is 2.48. The molecular weight excluding hydrogens is 278 g/mol. The Kier molecular flexibility index (Phi) is 4.59. The van der Waals surface area contributed by atoms with E-state index in [2.05, 4.69) is 22.1 Å². The minimum atomic E-state index is -0.955. The van der Waals surface area contributed by atoms with Gasteiger partial charge < -0.3 is 10.4 Å². The third kappa shape index (κ3) is 3.61. The van der Waals surface area contributed by atoms with E-state index in [1.54, 1.807) is 12.1 Å². The number of nitrogens with zero attached hydrogens (tertiary/aromatic N) is 1. The standard InChI is InChI=1S/C15H10F2N2O2/c16-11-6-2-7-12(17)14(11)15(21)19-13-8-1-4-10(18-13)5-3-9-20/h1-2,4,6-8,20H,9H2,(H,18,19,21). The summed E-state index contributed by atoms with van der Waals surface area (Å²) in [5, 5.41) is 10.9. The van der Waals surface area contributed by atoms with Crippen LogP contribution in [0.5, 0.6) is 0 Å². The Morgan fingerprint density at radius 1 is 1.19 bits per heavy atom. The molecule has 0 radical (unpaired) electrons. The van der Waals surface area contributed by atoms with E-state index in [1.807, 2.05) is 0 Å². The van der Waals surface area contributed by atoms with Crippen molar-refractivity contribution >= 4 is 11.7 Å². The highest BCUT2D eigenvalue weighted by atomic mass is 19.1. The van der Waals surface area contributed by atoms with E-state index in [0.717, 1.165) is 12.1 Å². The van der Waals surface area contributed by atoms with Gasteiger partial charge in [0, 0.05) is 0 Å². The normalized spacial score (nSPS) is 9.67. The van der Waals surface area contributed by atoms with Crippen molar-refractivity contribution in [1.29, 1.82) is 0 Å². The summed E-state index contributed by atoms with van der Waals surface area (Å²) in [6.07, 6.45) is 0. The van der Waals surface area contributed by atoms with Gasteiger partial charge in [-0.25, -0.2) is 13.8 Å². The van der Waals surface area contributed by atoms with E-state index in [0.29, 0.717) is 5.69 Å². The van der Waals surface area contributed by atoms with Crippen molar-refractivity contribution in [2.75, 3.05) is 11.9 Å². The zero-order chi connectivity index (χ0) is 15.2. The lowest BCUT2D eigenvalue weighted by Crippen LogP contribution is -2.16. The van der Waals surface area contributed by atoms with Gasteiger partial charge in [0.05, 0.1) is 0 Å². The number of benzene rings is 1. The van der Waals surface area contributed by atoms with Gasteiger partial charge in [-0.1, -0.05) is 18.1 Å². The molecule has 21 heavy (non-hydrogen) atoms. The van der Waals surface area contributed by atoms with Gasteiger partial charge in [0.15, 0.2) is 0 Å². The molecule has 0 aliphatic rings. The van der Waals surface area contributed by atoms with Gasteiger partial charge in [-0.3, -0.25) is 4.79 Å². The summed E-state index contributed by atoms with van der Waals surface area (Å²) in [6.45, 7) is -0.321. The quantitative estimate of drug-likeness (QED) is 0.830. The van der Waals surface area contributed by atoms with Crippen LogP contribution in [0.1, 0.15) is 16.1 Å². The molecule has 2 N–H and O–H groups in total. The summed E-state index contributed by atoms with van der Waals surface area (Å²) in [7, 11) is 0. The molecule has 2 rings (SSSR count). The second-order valence-corrected chi connectivity index (χ2v) is 3.92. The van der Waals surface area contributed by atoms with Crippen molar-refractivity contribution in [3.63, 3.8) is 0 Å². The Morgan fingerprint density at radius 3 is 2.52 bits per heavy atom. The molecule has 0 unspecified atom stereocenters. The molecular formula is C15H10F2N2O2. The SMILES string of the molecule is O=C(Nc1cccc(C#CCO)n1)c1c(F)cccc1F. The van der Waals surface area contributed by atoms with Crippen molar-refractivity contribution in [2.24, 2.45) is 0 Å². The van der Waals surface area contributed by atoms with Crippen molar-refractivity contribution in [2.45, 2.75) is 0 Å². The third-order valence-corrected chi connectivity index (χ3v) is 2.48. The Labute approximate surface area is 119 Å². The predicted molar refractivity (Wildman–Crippen MR) is 72.5 cm³/mol. The molecule has 1 aromatic carbocycles. The summed E-state index contributed by atoms with van der Waals surface area (Å²) in [6, 6.07) is 7.76. The van der Waals surface area contributed by atoms with E-state index in [1.165, 1.54) is 12.1 Å². The number of aromatic nitrogens is 1. The zero-order valence-corrected chi connectivity index (χ0v) is 10.7. The molecule has 0 atom stereocenters. The van der Waals surface area contributed by atoms with Crippen LogP contribution < -0.4 is 5.32 Å². The highest BCUT2D eigenvalue weighted by molar-refractivity contribution is 6.04. The fourth-order valence-corrected chi connectivity index (χ4v) is 1.60. The van der Waals surface area contributed by atoms with Crippen LogP contribution >= 0.6 is 0 Å². The summed E-state index contributed by atoms with van der Waals surface area (Å²) in [5.74, 6) is 2.22. The van der Waals surface area contributed by atoms with Gasteiger partial charge in [0.1, 0.15) is 35.3 Å². The van der Waals surface area contributed by atoms with Crippen molar-refractivity contribution in [3.8, 4) is 11.8 Å². The first-order valence-electron chi connectivity index (χ1n) is 5.94. The maximum atomic E-state index is 13.5. The number of amides is 1. The molecule has 1 aromatic heterocycles. The second-order valence-electron chi connectivity index (χ2n) is 3.92. The number of carbonyl (C=O) groups excluding carboxylic acids is 1. The maximum absolute atomic E-state index is 13.5. The molecule has 106 valence electrons. The summed E-state index contributed by atoms with van der Waals surface area (Å²) >= 11 is 0. The van der Waals surface area contributed by atoms with E-state index in [4.69, 9.17) is 5.11 Å². The summed E-state index contributed by atoms with van der Waals surface area (Å²) in [4.78, 5) is 15.8. The van der Waals surface area contributed by atoms with Crippen LogP contribution in [-0.4, -0.2) is 22.6 Å². The molecule has 0 aliphatic heterocycles. The second kappa shape index (κ2) is 6.59. The lowest BCUT2D eigenvalue weighted by atomic mass is 10.2. The van der Waals surface area contributed by atoms with Crippen LogP contribution in [0.2, 0.25) is 0 Å². The number of carbonyl (C=O) groups is 1. The molecule has 1 amide bonds. The molecule has 0 aliphatic carbocycles. The fourth-order valence-electron chi connectivity index (χ4n) is 1.60. The molecule has 6 heteroatoms. The Balaban J connectivity index is 2.24. The van der Waals surface area contributed by atoms with Crippen molar-refractivity contribution < 1.29 is 18.7 Å². The lowest BCUT2D eigenvalue weighted by molar-refractivity contribution is 0.101. The average Bonchev–Trinajstić information content (AvgIpc) is 2.45. The van der Waals surface area contributed by atoms with E-state index in [9.17, 15) is 13.6 Å². The maximum Gasteiger partial charge on any atom is 0.262 e. The first kappa shape index (κ1) is 14.6. The lowest BCUT2D eigenvalue weighted by Gasteiger charge is -2.06. The van der Waals surface area contributed by atoms with Gasteiger partial charge in [0.2, 0.25) is 0 Å². The number of aliphatic hydroxyl groups excluding tert-OH is 1. The van der Waals surface area contributed by atoms with Gasteiger partial charge >= 0.3 is 0 Å². The zero-order valence-electron chi connectivity index (χ0n) is 10.7. The van der Waals surface area contributed by atoms with Gasteiger partial charge in [-0.05, 0) is 30.2 Å². The highest BCUT2D eigenvalue weighted by Gasteiger charge is 2.17. The monoisotopic (exact) mass is 288 g/mol. The molecule has 4 nitrogen and oxygen atoms in total. The molecule has 0 spiro atoms. The number of halogens is 2. The van der Waals surface area contributed by atoms with Crippen LogP contribution in [0.3, 0.4) is 0 Å². The first-order valence-corrected chi connectivity index (χ1v) is 5.94. The highest BCUT2D eigenvalue weighted by Crippen LogP contribution is 2.14. The first-order chi connectivity index (χ1) is 10.1. The summed E-state index contributed by atoms with van der Waals surface area (Å²) < 4.78 is 27.0. The Morgan fingerprint density at radius 2 is 1.86 bits per heavy atom. The van der Waals surface area contributed by atoms with Crippen LogP contribution in [0.25, 0.3) is 0 Å². The van der Waals surface area contributed by atoms with Gasteiger partial charge in [-0.15, -0.1) is 0 Å². The molecule has 0 saturated carbocycles. The minimum Gasteiger partial charge on any atom is -0.384 e. The predicted octanol–water partition coefficient (Wildman–Crippen LogP) is 1.96. The van der Waals surface area contributed by atoms with E-state index < -0.39 is 23.1 Å². The van der Waals surface area contributed by atoms with Crippen molar-refractivity contribution in [1.82, 2.24) is 4.98 Å². The molecule has 0 saturated heterocycles. The smallest absolute Gasteiger partial charge is 0.262 e. The number of hydrogen-bond donors (Lipinski definition) is 2. The van der Waals surface area contributed by atoms with Crippen LogP contribution in [0, 0.1) is 23.5 Å². The number of nitrogens with one attached hydrogen (secondary N) is 1. The number of pyridine rings is 1. The number of aliphatic hydroxyl groups is 1. The number of hydrogen-bond acceptors (Lipinski definition) is 3. The minimum absolute atomic E-state index is 0.104. The molecule has 0 fully saturated rings. The average molecular weight is 288 g/mol. The number of rotatable bonds is 2. The number of anilines is 1. The van der Waals surface area contributed by atoms with Gasteiger partial charge in [0.25, 0.3) is 5.91 Å². The Bertz CT molecular complexity index is 716. The largest absolute Gasteiger partial charge is 0.384 e. The van der Waals surface area contributed by atoms with Gasteiger partial charge in [-0.2, -0.15) is 0 Å². The van der Waals surface area contributed by atoms with Crippen LogP contribution in [0.15, 0.2) is 36.4 Å². The fraction of sp³-hybridized carbons (Fsp3) is 0.0667. The van der Waals surface area contributed by atoms with Crippen LogP contribution in [-0.2, 0) is 0 Å². The Hall–Kier alpha value is -2.78. The summed E-state index contributed by atoms with van der Waals surface area (Å²) in [5.41, 5.74) is -0.359.